The van der Waals surface area contributed by atoms with Gasteiger partial charge in [-0.3, -0.25) is 4.90 Å². The lowest BCUT2D eigenvalue weighted by Crippen LogP contribution is -2.36. The predicted octanol–water partition coefficient (Wildman–Crippen LogP) is 2.57. The Bertz CT molecular complexity index is 500. The molecule has 2 fully saturated rings. The van der Waals surface area contributed by atoms with Gasteiger partial charge in [0.1, 0.15) is 11.7 Å². The van der Waals surface area contributed by atoms with Gasteiger partial charge in [-0.05, 0) is 31.4 Å². The number of nitrogens with zero attached hydrogens (tertiary/aromatic N) is 2. The van der Waals surface area contributed by atoms with Gasteiger partial charge in [0, 0.05) is 25.3 Å². The van der Waals surface area contributed by atoms with Crippen LogP contribution in [-0.2, 0) is 0 Å². The van der Waals surface area contributed by atoms with Crippen molar-refractivity contribution in [2.75, 3.05) is 13.1 Å². The summed E-state index contributed by atoms with van der Waals surface area (Å²) in [6.45, 7) is 1.94. The lowest BCUT2D eigenvalue weighted by atomic mass is 9.94. The van der Waals surface area contributed by atoms with Gasteiger partial charge in [0.15, 0.2) is 0 Å². The number of ether oxygens (including phenoxy) is 1. The fourth-order valence-electron chi connectivity index (χ4n) is 3.43. The van der Waals surface area contributed by atoms with Crippen LogP contribution in [0.4, 0.5) is 0 Å². The first kappa shape index (κ1) is 14.3. The summed E-state index contributed by atoms with van der Waals surface area (Å²) in [6, 6.07) is 3.85. The molecule has 5 nitrogen and oxygen atoms in total. The molecule has 0 spiro atoms. The average molecular weight is 290 g/mol. The molecule has 1 atom stereocenters. The number of carbonyl (C=O) groups is 1. The second kappa shape index (κ2) is 6.43. The summed E-state index contributed by atoms with van der Waals surface area (Å²) in [6.07, 6.45) is 9.18. The molecule has 1 saturated heterocycles. The van der Waals surface area contributed by atoms with Gasteiger partial charge >= 0.3 is 5.97 Å². The molecular weight excluding hydrogens is 268 g/mol. The van der Waals surface area contributed by atoms with Gasteiger partial charge in [0.2, 0.25) is 5.88 Å². The smallest absolute Gasteiger partial charge is 0.341 e. The highest BCUT2D eigenvalue weighted by molar-refractivity contribution is 5.90. The molecule has 1 unspecified atom stereocenters. The molecule has 1 saturated carbocycles. The Labute approximate surface area is 124 Å². The zero-order chi connectivity index (χ0) is 14.7. The monoisotopic (exact) mass is 290 g/mol. The third-order valence-electron chi connectivity index (χ3n) is 4.55. The SMILES string of the molecule is O=C(O)c1cccnc1OC1CCN(C2CCCCC2)C1. The topological polar surface area (TPSA) is 62.7 Å². The number of carboxylic acids is 1. The van der Waals surface area contributed by atoms with Crippen molar-refractivity contribution in [1.29, 1.82) is 0 Å². The molecule has 2 heterocycles. The molecule has 0 aromatic carbocycles. The summed E-state index contributed by atoms with van der Waals surface area (Å²) < 4.78 is 5.86. The first-order valence-electron chi connectivity index (χ1n) is 7.83. The van der Waals surface area contributed by atoms with E-state index in [2.05, 4.69) is 9.88 Å². The molecule has 0 radical (unpaired) electrons. The number of rotatable bonds is 4. The lowest BCUT2D eigenvalue weighted by Gasteiger charge is -2.30. The van der Waals surface area contributed by atoms with Crippen LogP contribution in [0.2, 0.25) is 0 Å². The highest BCUT2D eigenvalue weighted by Gasteiger charge is 2.31. The van der Waals surface area contributed by atoms with E-state index in [1.54, 1.807) is 18.3 Å². The van der Waals surface area contributed by atoms with Crippen molar-refractivity contribution in [2.24, 2.45) is 0 Å². The second-order valence-electron chi connectivity index (χ2n) is 5.98. The van der Waals surface area contributed by atoms with Gasteiger partial charge in [-0.2, -0.15) is 0 Å². The third-order valence-corrected chi connectivity index (χ3v) is 4.55. The van der Waals surface area contributed by atoms with E-state index in [0.717, 1.165) is 19.5 Å². The molecule has 1 N–H and O–H groups in total. The van der Waals surface area contributed by atoms with Gasteiger partial charge in [0.05, 0.1) is 0 Å². The van der Waals surface area contributed by atoms with Crippen molar-refractivity contribution in [1.82, 2.24) is 9.88 Å². The first-order chi connectivity index (χ1) is 10.2. The molecule has 0 bridgehead atoms. The number of hydrogen-bond donors (Lipinski definition) is 1. The summed E-state index contributed by atoms with van der Waals surface area (Å²) in [5.41, 5.74) is 0.147. The van der Waals surface area contributed by atoms with Crippen LogP contribution in [0.15, 0.2) is 18.3 Å². The van der Waals surface area contributed by atoms with Crippen molar-refractivity contribution in [3.63, 3.8) is 0 Å². The van der Waals surface area contributed by atoms with E-state index in [4.69, 9.17) is 9.84 Å². The van der Waals surface area contributed by atoms with Gasteiger partial charge < -0.3 is 9.84 Å². The maximum absolute atomic E-state index is 11.2. The van der Waals surface area contributed by atoms with Crippen LogP contribution in [-0.4, -0.2) is 46.2 Å². The molecule has 3 rings (SSSR count). The van der Waals surface area contributed by atoms with E-state index in [9.17, 15) is 4.79 Å². The summed E-state index contributed by atoms with van der Waals surface area (Å²) in [7, 11) is 0. The van der Waals surface area contributed by atoms with Crippen molar-refractivity contribution in [3.8, 4) is 5.88 Å². The van der Waals surface area contributed by atoms with Gasteiger partial charge in [0.25, 0.3) is 0 Å². The van der Waals surface area contributed by atoms with E-state index < -0.39 is 5.97 Å². The Morgan fingerprint density at radius 3 is 2.86 bits per heavy atom. The Kier molecular flexibility index (Phi) is 4.39. The molecule has 114 valence electrons. The van der Waals surface area contributed by atoms with E-state index in [0.29, 0.717) is 6.04 Å². The highest BCUT2D eigenvalue weighted by atomic mass is 16.5. The van der Waals surface area contributed by atoms with Crippen LogP contribution in [0.1, 0.15) is 48.9 Å². The molecule has 1 aromatic rings. The van der Waals surface area contributed by atoms with Crippen molar-refractivity contribution >= 4 is 5.97 Å². The van der Waals surface area contributed by atoms with Crippen LogP contribution in [0.3, 0.4) is 0 Å². The number of likely N-dealkylation sites (tertiary alicyclic amines) is 1. The second-order valence-corrected chi connectivity index (χ2v) is 5.98. The molecule has 1 aliphatic carbocycles. The van der Waals surface area contributed by atoms with Crippen molar-refractivity contribution in [2.45, 2.75) is 50.7 Å². The van der Waals surface area contributed by atoms with E-state index in [1.807, 2.05) is 0 Å². The average Bonchev–Trinajstić information content (AvgIpc) is 2.97. The fraction of sp³-hybridized carbons (Fsp3) is 0.625. The molecule has 1 aliphatic heterocycles. The molecular formula is C16H22N2O3. The normalized spacial score (nSPS) is 24.1. The minimum absolute atomic E-state index is 0.0555. The molecule has 1 aromatic heterocycles. The largest absolute Gasteiger partial charge is 0.477 e. The minimum atomic E-state index is -0.986. The Morgan fingerprint density at radius 2 is 2.10 bits per heavy atom. The number of aromatic nitrogens is 1. The zero-order valence-electron chi connectivity index (χ0n) is 12.2. The Morgan fingerprint density at radius 1 is 1.29 bits per heavy atom. The van der Waals surface area contributed by atoms with Crippen molar-refractivity contribution in [3.05, 3.63) is 23.9 Å². The standard InChI is InChI=1S/C16H22N2O3/c19-16(20)14-7-4-9-17-15(14)21-13-8-10-18(11-13)12-5-2-1-3-6-12/h4,7,9,12-13H,1-3,5-6,8,10-11H2,(H,19,20). The molecule has 2 aliphatic rings. The number of aromatic carboxylic acids is 1. The third kappa shape index (κ3) is 3.35. The van der Waals surface area contributed by atoms with Gasteiger partial charge in [-0.15, -0.1) is 0 Å². The number of pyridine rings is 1. The van der Waals surface area contributed by atoms with Crippen LogP contribution in [0.5, 0.6) is 5.88 Å². The van der Waals surface area contributed by atoms with E-state index in [-0.39, 0.29) is 17.5 Å². The summed E-state index contributed by atoms with van der Waals surface area (Å²) >= 11 is 0. The number of hydrogen-bond acceptors (Lipinski definition) is 4. The maximum Gasteiger partial charge on any atom is 0.341 e. The highest BCUT2D eigenvalue weighted by Crippen LogP contribution is 2.27. The van der Waals surface area contributed by atoms with E-state index >= 15 is 0 Å². The molecule has 21 heavy (non-hydrogen) atoms. The van der Waals surface area contributed by atoms with Gasteiger partial charge in [-0.1, -0.05) is 19.3 Å². The first-order valence-corrected chi connectivity index (χ1v) is 7.83. The minimum Gasteiger partial charge on any atom is -0.477 e. The predicted molar refractivity (Wildman–Crippen MR) is 78.7 cm³/mol. The Hall–Kier alpha value is -1.62. The van der Waals surface area contributed by atoms with Crippen LogP contribution < -0.4 is 4.74 Å². The van der Waals surface area contributed by atoms with Gasteiger partial charge in [-0.25, -0.2) is 9.78 Å². The summed E-state index contributed by atoms with van der Waals surface area (Å²) in [4.78, 5) is 17.8. The molecule has 0 amide bonds. The van der Waals surface area contributed by atoms with Crippen LogP contribution >= 0.6 is 0 Å². The van der Waals surface area contributed by atoms with Crippen LogP contribution in [0, 0.1) is 0 Å². The number of carboxylic acid groups (broad SMARTS) is 1. The lowest BCUT2D eigenvalue weighted by molar-refractivity contribution is 0.0687. The van der Waals surface area contributed by atoms with E-state index in [1.165, 1.54) is 32.1 Å². The molecule has 5 heteroatoms. The van der Waals surface area contributed by atoms with Crippen molar-refractivity contribution < 1.29 is 14.6 Å². The summed E-state index contributed by atoms with van der Waals surface area (Å²) in [5, 5.41) is 9.17. The zero-order valence-corrected chi connectivity index (χ0v) is 12.2. The Balaban J connectivity index is 1.61. The fourth-order valence-corrected chi connectivity index (χ4v) is 3.43. The maximum atomic E-state index is 11.2. The van der Waals surface area contributed by atoms with Crippen LogP contribution in [0.25, 0.3) is 0 Å². The summed E-state index contributed by atoms with van der Waals surface area (Å²) in [5.74, 6) is -0.735. The quantitative estimate of drug-likeness (QED) is 0.923.